The Balaban J connectivity index is 2.20. The fourth-order valence-corrected chi connectivity index (χ4v) is 2.75. The zero-order valence-corrected chi connectivity index (χ0v) is 9.85. The second-order valence-electron chi connectivity index (χ2n) is 5.05. The van der Waals surface area contributed by atoms with Crippen LogP contribution in [0.1, 0.15) is 44.0 Å². The Morgan fingerprint density at radius 1 is 1.29 bits per heavy atom. The second kappa shape index (κ2) is 3.56. The lowest BCUT2D eigenvalue weighted by Crippen LogP contribution is -2.20. The molecule has 2 heterocycles. The predicted octanol–water partition coefficient (Wildman–Crippen LogP) is 2.43. The largest absolute Gasteiger partial charge is 0.285 e. The Kier molecular flexibility index (Phi) is 2.15. The summed E-state index contributed by atoms with van der Waals surface area (Å²) >= 11 is 0. The summed E-state index contributed by atoms with van der Waals surface area (Å²) in [5.41, 5.74) is 1.60. The fourth-order valence-electron chi connectivity index (χ4n) is 2.75. The van der Waals surface area contributed by atoms with Crippen molar-refractivity contribution in [2.45, 2.75) is 38.0 Å². The second-order valence-corrected chi connectivity index (χ2v) is 5.05. The topological polar surface area (TPSA) is 54.0 Å². The highest BCUT2D eigenvalue weighted by Gasteiger charge is 2.34. The molecule has 0 unspecified atom stereocenters. The SMILES string of the molecule is CC1(c2nnc3ccc(C#N)cn23)CCCC1. The zero-order chi connectivity index (χ0) is 11.9. The molecule has 17 heavy (non-hydrogen) atoms. The molecule has 3 rings (SSSR count). The van der Waals surface area contributed by atoms with E-state index in [2.05, 4.69) is 23.2 Å². The minimum atomic E-state index is 0.119. The van der Waals surface area contributed by atoms with E-state index in [1.807, 2.05) is 16.7 Å². The van der Waals surface area contributed by atoms with E-state index in [0.717, 1.165) is 24.3 Å². The Hall–Kier alpha value is -1.89. The van der Waals surface area contributed by atoms with Crippen LogP contribution < -0.4 is 0 Å². The molecule has 2 aromatic heterocycles. The maximum Gasteiger partial charge on any atom is 0.160 e. The average molecular weight is 226 g/mol. The van der Waals surface area contributed by atoms with Crippen LogP contribution in [-0.2, 0) is 5.41 Å². The van der Waals surface area contributed by atoms with Crippen LogP contribution in [0.2, 0.25) is 0 Å². The van der Waals surface area contributed by atoms with Gasteiger partial charge in [-0.25, -0.2) is 0 Å². The maximum absolute atomic E-state index is 8.95. The molecule has 1 saturated carbocycles. The smallest absolute Gasteiger partial charge is 0.160 e. The van der Waals surface area contributed by atoms with E-state index in [4.69, 9.17) is 5.26 Å². The van der Waals surface area contributed by atoms with Gasteiger partial charge in [-0.2, -0.15) is 5.26 Å². The molecular formula is C13H14N4. The summed E-state index contributed by atoms with van der Waals surface area (Å²) in [5, 5.41) is 17.5. The number of nitrogens with zero attached hydrogens (tertiary/aromatic N) is 4. The summed E-state index contributed by atoms with van der Waals surface area (Å²) in [6, 6.07) is 5.80. The summed E-state index contributed by atoms with van der Waals surface area (Å²) in [4.78, 5) is 0. The summed E-state index contributed by atoms with van der Waals surface area (Å²) in [6.07, 6.45) is 6.66. The summed E-state index contributed by atoms with van der Waals surface area (Å²) in [6.45, 7) is 2.25. The number of hydrogen-bond donors (Lipinski definition) is 0. The molecule has 1 aliphatic carbocycles. The number of fused-ring (bicyclic) bond motifs is 1. The van der Waals surface area contributed by atoms with Gasteiger partial charge in [0.1, 0.15) is 11.9 Å². The molecule has 0 saturated heterocycles. The normalized spacial score (nSPS) is 18.4. The molecule has 4 heteroatoms. The highest BCUT2D eigenvalue weighted by Crippen LogP contribution is 2.39. The highest BCUT2D eigenvalue weighted by molar-refractivity contribution is 5.43. The summed E-state index contributed by atoms with van der Waals surface area (Å²) < 4.78 is 1.98. The molecule has 86 valence electrons. The molecule has 0 spiro atoms. The molecule has 0 radical (unpaired) electrons. The first-order valence-corrected chi connectivity index (χ1v) is 5.98. The number of rotatable bonds is 1. The van der Waals surface area contributed by atoms with Crippen molar-refractivity contribution in [2.24, 2.45) is 0 Å². The van der Waals surface area contributed by atoms with Gasteiger partial charge in [0.05, 0.1) is 5.56 Å². The Labute approximate surface area is 99.9 Å². The van der Waals surface area contributed by atoms with Gasteiger partial charge in [-0.15, -0.1) is 10.2 Å². The first-order valence-electron chi connectivity index (χ1n) is 5.98. The first kappa shape index (κ1) is 10.3. The van der Waals surface area contributed by atoms with Gasteiger partial charge in [-0.05, 0) is 25.0 Å². The Bertz CT molecular complexity index is 599. The van der Waals surface area contributed by atoms with Gasteiger partial charge in [0.15, 0.2) is 5.65 Å². The molecule has 0 N–H and O–H groups in total. The van der Waals surface area contributed by atoms with E-state index in [0.29, 0.717) is 5.56 Å². The minimum Gasteiger partial charge on any atom is -0.285 e. The van der Waals surface area contributed by atoms with E-state index in [1.165, 1.54) is 12.8 Å². The molecule has 0 bridgehead atoms. The first-order chi connectivity index (χ1) is 8.23. The van der Waals surface area contributed by atoms with Crippen LogP contribution in [0.15, 0.2) is 18.3 Å². The minimum absolute atomic E-state index is 0.119. The van der Waals surface area contributed by atoms with Crippen molar-refractivity contribution in [3.8, 4) is 6.07 Å². The number of nitriles is 1. The van der Waals surface area contributed by atoms with E-state index in [9.17, 15) is 0 Å². The summed E-state index contributed by atoms with van der Waals surface area (Å²) in [5.74, 6) is 1.00. The van der Waals surface area contributed by atoms with E-state index >= 15 is 0 Å². The number of pyridine rings is 1. The summed E-state index contributed by atoms with van der Waals surface area (Å²) in [7, 11) is 0. The average Bonchev–Trinajstić information content (AvgIpc) is 2.95. The van der Waals surface area contributed by atoms with Gasteiger partial charge in [-0.1, -0.05) is 19.8 Å². The molecule has 1 fully saturated rings. The highest BCUT2D eigenvalue weighted by atomic mass is 15.3. The molecule has 0 aromatic carbocycles. The monoisotopic (exact) mass is 226 g/mol. The van der Waals surface area contributed by atoms with Crippen molar-refractivity contribution < 1.29 is 0 Å². The molecule has 0 amide bonds. The van der Waals surface area contributed by atoms with Crippen LogP contribution in [0.4, 0.5) is 0 Å². The van der Waals surface area contributed by atoms with Gasteiger partial charge in [0.2, 0.25) is 0 Å². The lowest BCUT2D eigenvalue weighted by molar-refractivity contribution is 0.454. The van der Waals surface area contributed by atoms with Crippen LogP contribution in [0.3, 0.4) is 0 Å². The van der Waals surface area contributed by atoms with Gasteiger partial charge < -0.3 is 0 Å². The number of hydrogen-bond acceptors (Lipinski definition) is 3. The van der Waals surface area contributed by atoms with Crippen molar-refractivity contribution in [2.75, 3.05) is 0 Å². The lowest BCUT2D eigenvalue weighted by atomic mass is 9.88. The van der Waals surface area contributed by atoms with Gasteiger partial charge in [0.25, 0.3) is 0 Å². The van der Waals surface area contributed by atoms with Crippen LogP contribution in [0.25, 0.3) is 5.65 Å². The van der Waals surface area contributed by atoms with Crippen molar-refractivity contribution in [3.63, 3.8) is 0 Å². The molecule has 4 nitrogen and oxygen atoms in total. The van der Waals surface area contributed by atoms with Gasteiger partial charge in [0, 0.05) is 11.6 Å². The third-order valence-corrected chi connectivity index (χ3v) is 3.78. The van der Waals surface area contributed by atoms with Crippen LogP contribution >= 0.6 is 0 Å². The van der Waals surface area contributed by atoms with E-state index in [1.54, 1.807) is 6.07 Å². The Morgan fingerprint density at radius 2 is 2.06 bits per heavy atom. The van der Waals surface area contributed by atoms with E-state index in [-0.39, 0.29) is 5.41 Å². The fraction of sp³-hybridized carbons (Fsp3) is 0.462. The van der Waals surface area contributed by atoms with Crippen LogP contribution in [0.5, 0.6) is 0 Å². The Morgan fingerprint density at radius 3 is 2.76 bits per heavy atom. The van der Waals surface area contributed by atoms with Gasteiger partial charge >= 0.3 is 0 Å². The maximum atomic E-state index is 8.95. The van der Waals surface area contributed by atoms with E-state index < -0.39 is 0 Å². The van der Waals surface area contributed by atoms with Crippen molar-refractivity contribution in [1.29, 1.82) is 5.26 Å². The standard InChI is InChI=1S/C13H14N4/c1-13(6-2-3-7-13)12-16-15-11-5-4-10(8-14)9-17(11)12/h4-5,9H,2-3,6-7H2,1H3. The molecular weight excluding hydrogens is 212 g/mol. The third kappa shape index (κ3) is 1.50. The van der Waals surface area contributed by atoms with Crippen molar-refractivity contribution in [3.05, 3.63) is 29.7 Å². The van der Waals surface area contributed by atoms with Crippen LogP contribution in [-0.4, -0.2) is 14.6 Å². The third-order valence-electron chi connectivity index (χ3n) is 3.78. The van der Waals surface area contributed by atoms with Crippen molar-refractivity contribution >= 4 is 5.65 Å². The molecule has 2 aromatic rings. The van der Waals surface area contributed by atoms with Gasteiger partial charge in [-0.3, -0.25) is 4.40 Å². The number of aromatic nitrogens is 3. The molecule has 0 aliphatic heterocycles. The zero-order valence-electron chi connectivity index (χ0n) is 9.85. The van der Waals surface area contributed by atoms with Crippen LogP contribution in [0, 0.1) is 11.3 Å². The predicted molar refractivity (Wildman–Crippen MR) is 63.5 cm³/mol. The van der Waals surface area contributed by atoms with Crippen molar-refractivity contribution in [1.82, 2.24) is 14.6 Å². The lowest BCUT2D eigenvalue weighted by Gasteiger charge is -2.20. The quantitative estimate of drug-likeness (QED) is 0.750. The molecule has 1 aliphatic rings. The molecule has 0 atom stereocenters.